The van der Waals surface area contributed by atoms with E-state index in [2.05, 4.69) is 24.8 Å². The third-order valence-corrected chi connectivity index (χ3v) is 2.36. The highest BCUT2D eigenvalue weighted by molar-refractivity contribution is 6.70. The summed E-state index contributed by atoms with van der Waals surface area (Å²) in [5.74, 6) is 0.874. The van der Waals surface area contributed by atoms with Crippen LogP contribution in [0.1, 0.15) is 5.56 Å². The third-order valence-electron chi connectivity index (χ3n) is 1.51. The summed E-state index contributed by atoms with van der Waals surface area (Å²) in [5.41, 5.74) is 0.857. The van der Waals surface area contributed by atoms with Gasteiger partial charge in [-0.2, -0.15) is 0 Å². The van der Waals surface area contributed by atoms with E-state index in [1.165, 1.54) is 6.21 Å². The van der Waals surface area contributed by atoms with E-state index in [0.717, 1.165) is 11.3 Å². The van der Waals surface area contributed by atoms with Crippen molar-refractivity contribution in [1.29, 1.82) is 0 Å². The third kappa shape index (κ3) is 3.61. The van der Waals surface area contributed by atoms with Gasteiger partial charge < -0.3 is 9.63 Å². The summed E-state index contributed by atoms with van der Waals surface area (Å²) < 4.78 is 5.77. The Morgan fingerprint density at radius 3 is 2.21 bits per heavy atom. The first-order valence-electron chi connectivity index (χ1n) is 4.48. The topological polar surface area (TPSA) is 41.8 Å². The predicted molar refractivity (Wildman–Crippen MR) is 59.8 cm³/mol. The van der Waals surface area contributed by atoms with E-state index in [4.69, 9.17) is 9.63 Å². The lowest BCUT2D eigenvalue weighted by atomic mass is 10.2. The molecule has 14 heavy (non-hydrogen) atoms. The molecule has 4 heteroatoms. The standard InChI is InChI=1S/C10H15NO2Si/c1-14(2,3)13-10-6-4-9(5-7-10)8-11-12/h4-8,12H,1-3H3/b11-8+. The second-order valence-electron chi connectivity index (χ2n) is 4.03. The molecule has 1 aromatic carbocycles. The van der Waals surface area contributed by atoms with Gasteiger partial charge in [0.15, 0.2) is 0 Å². The van der Waals surface area contributed by atoms with Crippen LogP contribution in [0.4, 0.5) is 0 Å². The van der Waals surface area contributed by atoms with Crippen molar-refractivity contribution < 1.29 is 9.63 Å². The molecule has 0 aromatic heterocycles. The molecule has 1 N–H and O–H groups in total. The normalized spacial score (nSPS) is 11.9. The van der Waals surface area contributed by atoms with Crippen LogP contribution in [0.25, 0.3) is 0 Å². The number of nitrogens with zero attached hydrogens (tertiary/aromatic N) is 1. The van der Waals surface area contributed by atoms with E-state index in [1.54, 1.807) is 0 Å². The summed E-state index contributed by atoms with van der Waals surface area (Å²) in [6.45, 7) is 6.41. The van der Waals surface area contributed by atoms with Crippen LogP contribution < -0.4 is 4.43 Å². The molecule has 0 aliphatic rings. The van der Waals surface area contributed by atoms with Crippen LogP contribution >= 0.6 is 0 Å². The average molecular weight is 209 g/mol. The quantitative estimate of drug-likeness (QED) is 0.360. The van der Waals surface area contributed by atoms with Crippen molar-refractivity contribution in [3.63, 3.8) is 0 Å². The van der Waals surface area contributed by atoms with Crippen LogP contribution in [0.3, 0.4) is 0 Å². The minimum Gasteiger partial charge on any atom is -0.544 e. The Balaban J connectivity index is 2.74. The predicted octanol–water partition coefficient (Wildman–Crippen LogP) is 2.71. The van der Waals surface area contributed by atoms with E-state index in [-0.39, 0.29) is 0 Å². The van der Waals surface area contributed by atoms with Gasteiger partial charge in [0.1, 0.15) is 5.75 Å². The lowest BCUT2D eigenvalue weighted by Gasteiger charge is -2.18. The highest BCUT2D eigenvalue weighted by Crippen LogP contribution is 2.16. The van der Waals surface area contributed by atoms with Crippen molar-refractivity contribution >= 4 is 14.5 Å². The van der Waals surface area contributed by atoms with Crippen molar-refractivity contribution in [2.45, 2.75) is 19.6 Å². The maximum absolute atomic E-state index is 8.32. The number of hydrogen-bond donors (Lipinski definition) is 1. The molecule has 0 aliphatic carbocycles. The molecular formula is C10H15NO2Si. The molecule has 76 valence electrons. The Kier molecular flexibility index (Phi) is 3.30. The minimum absolute atomic E-state index is 0.857. The van der Waals surface area contributed by atoms with Crippen molar-refractivity contribution in [1.82, 2.24) is 0 Å². The Morgan fingerprint density at radius 2 is 1.79 bits per heavy atom. The van der Waals surface area contributed by atoms with Crippen molar-refractivity contribution in [3.8, 4) is 5.75 Å². The summed E-state index contributed by atoms with van der Waals surface area (Å²) in [6.07, 6.45) is 1.39. The van der Waals surface area contributed by atoms with Crippen LogP contribution in [-0.2, 0) is 0 Å². The SMILES string of the molecule is C[Si](C)(C)Oc1ccc(/C=N/O)cc1. The van der Waals surface area contributed by atoms with Crippen LogP contribution in [0.2, 0.25) is 19.6 Å². The molecule has 0 saturated heterocycles. The molecule has 0 aliphatic heterocycles. The highest BCUT2D eigenvalue weighted by atomic mass is 28.4. The van der Waals surface area contributed by atoms with E-state index in [0.29, 0.717) is 0 Å². The lowest BCUT2D eigenvalue weighted by Crippen LogP contribution is -2.29. The van der Waals surface area contributed by atoms with Crippen LogP contribution in [0.15, 0.2) is 29.4 Å². The first-order valence-corrected chi connectivity index (χ1v) is 7.88. The van der Waals surface area contributed by atoms with Crippen LogP contribution in [-0.4, -0.2) is 19.7 Å². The summed E-state index contributed by atoms with van der Waals surface area (Å²) >= 11 is 0. The number of hydrogen-bond acceptors (Lipinski definition) is 3. The monoisotopic (exact) mass is 209 g/mol. The smallest absolute Gasteiger partial charge is 0.242 e. The number of benzene rings is 1. The van der Waals surface area contributed by atoms with Gasteiger partial charge in [0.05, 0.1) is 6.21 Å². The largest absolute Gasteiger partial charge is 0.544 e. The first-order chi connectivity index (χ1) is 6.51. The van der Waals surface area contributed by atoms with Crippen molar-refractivity contribution in [2.75, 3.05) is 0 Å². The molecule has 0 amide bonds. The van der Waals surface area contributed by atoms with Gasteiger partial charge in [-0.25, -0.2) is 0 Å². The summed E-state index contributed by atoms with van der Waals surface area (Å²) in [6, 6.07) is 7.48. The molecule has 0 bridgehead atoms. The average Bonchev–Trinajstić information content (AvgIpc) is 2.06. The van der Waals surface area contributed by atoms with E-state index < -0.39 is 8.32 Å². The molecule has 0 atom stereocenters. The molecular weight excluding hydrogens is 194 g/mol. The van der Waals surface area contributed by atoms with Gasteiger partial charge in [0.25, 0.3) is 0 Å². The molecule has 1 rings (SSSR count). The van der Waals surface area contributed by atoms with E-state index in [1.807, 2.05) is 24.3 Å². The van der Waals surface area contributed by atoms with Gasteiger partial charge in [0.2, 0.25) is 8.32 Å². The van der Waals surface area contributed by atoms with E-state index in [9.17, 15) is 0 Å². The number of rotatable bonds is 3. The van der Waals surface area contributed by atoms with Gasteiger partial charge in [-0.1, -0.05) is 5.16 Å². The summed E-state index contributed by atoms with van der Waals surface area (Å²) in [4.78, 5) is 0. The molecule has 0 heterocycles. The Labute approximate surface area is 85.2 Å². The molecule has 0 radical (unpaired) electrons. The fourth-order valence-electron chi connectivity index (χ4n) is 1.04. The molecule has 0 fully saturated rings. The van der Waals surface area contributed by atoms with Crippen LogP contribution in [0.5, 0.6) is 5.75 Å². The molecule has 1 aromatic rings. The summed E-state index contributed by atoms with van der Waals surface area (Å²) in [5, 5.41) is 11.3. The zero-order valence-electron chi connectivity index (χ0n) is 8.69. The van der Waals surface area contributed by atoms with Crippen molar-refractivity contribution in [2.24, 2.45) is 5.16 Å². The Hall–Kier alpha value is -1.29. The fourth-order valence-corrected chi connectivity index (χ4v) is 1.89. The lowest BCUT2D eigenvalue weighted by molar-refractivity contribution is 0.322. The maximum atomic E-state index is 8.32. The maximum Gasteiger partial charge on any atom is 0.242 e. The second kappa shape index (κ2) is 4.28. The Morgan fingerprint density at radius 1 is 1.21 bits per heavy atom. The van der Waals surface area contributed by atoms with Gasteiger partial charge in [-0.3, -0.25) is 0 Å². The van der Waals surface area contributed by atoms with Gasteiger partial charge in [-0.05, 0) is 49.5 Å². The molecule has 0 unspecified atom stereocenters. The second-order valence-corrected chi connectivity index (χ2v) is 8.46. The van der Waals surface area contributed by atoms with E-state index >= 15 is 0 Å². The highest BCUT2D eigenvalue weighted by Gasteiger charge is 2.15. The molecule has 3 nitrogen and oxygen atoms in total. The Bertz CT molecular complexity index is 314. The number of oxime groups is 1. The van der Waals surface area contributed by atoms with Gasteiger partial charge in [0, 0.05) is 0 Å². The van der Waals surface area contributed by atoms with Gasteiger partial charge >= 0.3 is 0 Å². The zero-order valence-corrected chi connectivity index (χ0v) is 9.69. The molecule has 0 saturated carbocycles. The zero-order chi connectivity index (χ0) is 10.6. The molecule has 0 spiro atoms. The fraction of sp³-hybridized carbons (Fsp3) is 0.300. The first kappa shape index (κ1) is 10.8. The summed E-state index contributed by atoms with van der Waals surface area (Å²) in [7, 11) is -1.52. The minimum atomic E-state index is -1.52. The van der Waals surface area contributed by atoms with Crippen molar-refractivity contribution in [3.05, 3.63) is 29.8 Å². The van der Waals surface area contributed by atoms with Crippen LogP contribution in [0, 0.1) is 0 Å². The van der Waals surface area contributed by atoms with Gasteiger partial charge in [-0.15, -0.1) is 0 Å².